The summed E-state index contributed by atoms with van der Waals surface area (Å²) in [6.07, 6.45) is 5.32. The fourth-order valence-corrected chi connectivity index (χ4v) is 30.2. The first-order chi connectivity index (χ1) is 25.3. The molecule has 0 radical (unpaired) electrons. The van der Waals surface area contributed by atoms with Gasteiger partial charge in [0.1, 0.15) is 0 Å². The molecule has 0 bridgehead atoms. The van der Waals surface area contributed by atoms with E-state index in [-0.39, 0.29) is 0 Å². The molecule has 0 saturated carbocycles. The van der Waals surface area contributed by atoms with Crippen LogP contribution >= 0.6 is 0 Å². The molecule has 1 aliphatic heterocycles. The summed E-state index contributed by atoms with van der Waals surface area (Å²) in [5.41, 5.74) is 20.7. The Morgan fingerprint density at radius 1 is 0.462 bits per heavy atom. The van der Waals surface area contributed by atoms with Gasteiger partial charge in [-0.25, -0.2) is 0 Å². The van der Waals surface area contributed by atoms with E-state index < -0.39 is 31.0 Å². The zero-order valence-corrected chi connectivity index (χ0v) is 36.3. The summed E-state index contributed by atoms with van der Waals surface area (Å²) in [6.45, 7) is 14.4. The predicted octanol–water partition coefficient (Wildman–Crippen LogP) is 10.6. The Hall–Kier alpha value is -4.11. The zero-order valence-electron chi connectivity index (χ0n) is 31.3. The van der Waals surface area contributed by atoms with Crippen molar-refractivity contribution in [2.75, 3.05) is 0 Å². The molecular formula is C50H47HfSi. The van der Waals surface area contributed by atoms with Gasteiger partial charge in [0.2, 0.25) is 0 Å². The van der Waals surface area contributed by atoms with Crippen molar-refractivity contribution in [3.05, 3.63) is 172 Å². The maximum atomic E-state index is 2.66. The molecule has 2 aliphatic carbocycles. The van der Waals surface area contributed by atoms with Crippen LogP contribution in [0.25, 0.3) is 45.5 Å². The van der Waals surface area contributed by atoms with E-state index in [1.165, 1.54) is 55.6 Å². The molecule has 52 heavy (non-hydrogen) atoms. The molecule has 0 saturated heterocycles. The molecule has 9 rings (SSSR count). The Balaban J connectivity index is 1.33. The topological polar surface area (TPSA) is 0 Å². The van der Waals surface area contributed by atoms with Crippen LogP contribution in [0.15, 0.2) is 139 Å². The molecule has 0 fully saturated rings. The summed E-state index contributed by atoms with van der Waals surface area (Å²) in [5.74, 6) is 0.943. The number of aryl methyl sites for hydroxylation is 2. The van der Waals surface area contributed by atoms with Crippen molar-refractivity contribution in [3.63, 3.8) is 0 Å². The number of benzene rings is 6. The van der Waals surface area contributed by atoms with Crippen LogP contribution in [0.2, 0.25) is 0 Å². The maximum absolute atomic E-state index is 3.10. The molecule has 255 valence electrons. The van der Waals surface area contributed by atoms with E-state index >= 15 is 0 Å². The van der Waals surface area contributed by atoms with E-state index in [4.69, 9.17) is 0 Å². The summed E-state index contributed by atoms with van der Waals surface area (Å²) in [7, 11) is -0.605. The summed E-state index contributed by atoms with van der Waals surface area (Å²) < 4.78 is 2.75. The van der Waals surface area contributed by atoms with Crippen LogP contribution in [0, 0.1) is 25.7 Å². The number of allylic oxidation sites excluding steroid dienone is 2. The summed E-state index contributed by atoms with van der Waals surface area (Å²) in [6, 6.07) is 49.3. The van der Waals surface area contributed by atoms with Gasteiger partial charge in [-0.15, -0.1) is 0 Å². The quantitative estimate of drug-likeness (QED) is 0.140. The van der Waals surface area contributed by atoms with Crippen molar-refractivity contribution < 1.29 is 21.4 Å². The monoisotopic (exact) mass is 855 g/mol. The van der Waals surface area contributed by atoms with Gasteiger partial charge in [0, 0.05) is 0 Å². The molecule has 2 atom stereocenters. The Bertz CT molecular complexity index is 2320. The van der Waals surface area contributed by atoms with E-state index in [1.807, 2.05) is 0 Å². The van der Waals surface area contributed by atoms with Gasteiger partial charge in [-0.3, -0.25) is 0 Å². The molecule has 0 spiro atoms. The molecule has 6 aromatic rings. The second-order valence-corrected chi connectivity index (χ2v) is 27.0. The van der Waals surface area contributed by atoms with Crippen LogP contribution < -0.4 is 13.7 Å². The van der Waals surface area contributed by atoms with Gasteiger partial charge in [-0.2, -0.15) is 0 Å². The molecule has 6 aromatic carbocycles. The second-order valence-electron chi connectivity index (χ2n) is 15.8. The van der Waals surface area contributed by atoms with Crippen molar-refractivity contribution in [2.24, 2.45) is 11.8 Å². The third kappa shape index (κ3) is 5.40. The van der Waals surface area contributed by atoms with Gasteiger partial charge < -0.3 is 0 Å². The average Bonchev–Trinajstić information content (AvgIpc) is 3.85. The molecule has 3 aliphatic rings. The molecule has 0 N–H and O–H groups in total. The fraction of sp³-hybridized carbons (Fsp3) is 0.200. The molecule has 0 aromatic heterocycles. The van der Waals surface area contributed by atoms with Crippen molar-refractivity contribution in [1.29, 1.82) is 0 Å². The number of hydrogen-bond acceptors (Lipinski definition) is 0. The molecule has 1 heterocycles. The molecule has 2 unspecified atom stereocenters. The van der Waals surface area contributed by atoms with Crippen LogP contribution in [0.3, 0.4) is 0 Å². The molecule has 0 amide bonds. The van der Waals surface area contributed by atoms with E-state index in [2.05, 4.69) is 181 Å². The van der Waals surface area contributed by atoms with Crippen molar-refractivity contribution in [2.45, 2.75) is 48.9 Å². The first-order valence-electron chi connectivity index (χ1n) is 19.2. The molecular weight excluding hydrogens is 807 g/mol. The first-order valence-corrected chi connectivity index (χ1v) is 26.6. The predicted molar refractivity (Wildman–Crippen MR) is 224 cm³/mol. The van der Waals surface area contributed by atoms with E-state index in [0.717, 1.165) is 0 Å². The molecule has 0 nitrogen and oxygen atoms in total. The Morgan fingerprint density at radius 2 is 0.904 bits per heavy atom. The van der Waals surface area contributed by atoms with Gasteiger partial charge in [-0.05, 0) is 0 Å². The van der Waals surface area contributed by atoms with Crippen molar-refractivity contribution >= 4 is 35.4 Å². The Labute approximate surface area is 320 Å². The van der Waals surface area contributed by atoms with Crippen LogP contribution in [-0.4, -0.2) is 9.52 Å². The summed E-state index contributed by atoms with van der Waals surface area (Å²) in [4.78, 5) is 0. The van der Waals surface area contributed by atoms with E-state index in [9.17, 15) is 0 Å². The van der Waals surface area contributed by atoms with Gasteiger partial charge in [0.25, 0.3) is 0 Å². The van der Waals surface area contributed by atoms with Gasteiger partial charge >= 0.3 is 323 Å². The van der Waals surface area contributed by atoms with Crippen molar-refractivity contribution in [1.82, 2.24) is 0 Å². The Kier molecular flexibility index (Phi) is 8.68. The van der Waals surface area contributed by atoms with Crippen LogP contribution in [0.5, 0.6) is 0 Å². The average molecular weight is 855 g/mol. The number of fused-ring (bicyclic) bond motifs is 5. The van der Waals surface area contributed by atoms with Crippen molar-refractivity contribution in [3.8, 4) is 33.4 Å². The van der Waals surface area contributed by atoms with Crippen LogP contribution in [0.1, 0.15) is 68.4 Å². The number of rotatable bonds is 7. The first kappa shape index (κ1) is 33.7. The Morgan fingerprint density at radius 3 is 1.42 bits per heavy atom. The number of hydrogen-bond donors (Lipinski definition) is 0. The minimum atomic E-state index is -3.10. The van der Waals surface area contributed by atoms with E-state index in [1.54, 1.807) is 36.0 Å². The zero-order chi connectivity index (χ0) is 35.7. The van der Waals surface area contributed by atoms with Gasteiger partial charge in [-0.1, -0.05) is 0 Å². The summed E-state index contributed by atoms with van der Waals surface area (Å²) >= 11 is -3.10. The van der Waals surface area contributed by atoms with Crippen LogP contribution in [-0.2, 0) is 21.4 Å². The van der Waals surface area contributed by atoms with Gasteiger partial charge in [0.15, 0.2) is 0 Å². The fourth-order valence-electron chi connectivity index (χ4n) is 9.67. The van der Waals surface area contributed by atoms with E-state index in [0.29, 0.717) is 19.2 Å². The third-order valence-corrected chi connectivity index (χ3v) is 28.6. The second kappa shape index (κ2) is 13.4. The third-order valence-electron chi connectivity index (χ3n) is 12.2. The SMILES string of the molecule is Cc1ccccc1-c1cccc2c1C=C(C(C)C)[CH]2[Hf]([c]1cccc2c1[SiH2]c1ccccc1-2)[CH]1C(C(C)C)=Cc2c(-c3ccccc3C)cccc21. The van der Waals surface area contributed by atoms with Crippen LogP contribution in [0.4, 0.5) is 0 Å². The van der Waals surface area contributed by atoms with Gasteiger partial charge in [0.05, 0.1) is 0 Å². The normalized spacial score (nSPS) is 17.2. The summed E-state index contributed by atoms with van der Waals surface area (Å²) in [5, 5.41) is 3.38. The molecule has 2 heteroatoms. The minimum absolute atomic E-state index is 0.471. The standard InChI is InChI=1S/2C19H19.C12H9Si.Hf/c2*1-13(2)16-11-15-8-6-10-18(19(15)12-16)17-9-5-4-7-14(17)3;1-3-7-11-9(5-1)10-6-2-4-8-12(10)13-11;/h2*4-13H,1-3H3;1-7H,13H2;.